The Morgan fingerprint density at radius 3 is 2.14 bits per heavy atom. The van der Waals surface area contributed by atoms with Gasteiger partial charge in [-0.2, -0.15) is 0 Å². The number of carbonyl (C=O) groups excluding carboxylic acids is 2. The summed E-state index contributed by atoms with van der Waals surface area (Å²) in [6, 6.07) is 20.3. The molecule has 0 unspecified atom stereocenters. The van der Waals surface area contributed by atoms with Gasteiger partial charge < -0.3 is 10.6 Å². The Labute approximate surface area is 173 Å². The number of piperazine rings is 1. The number of amides is 2. The van der Waals surface area contributed by atoms with E-state index >= 15 is 0 Å². The quantitative estimate of drug-likeness (QED) is 0.793. The highest BCUT2D eigenvalue weighted by atomic mass is 16.2. The first-order valence-electron chi connectivity index (χ1n) is 10.3. The maximum atomic E-state index is 12.6. The molecule has 0 saturated carbocycles. The third-order valence-corrected chi connectivity index (χ3v) is 5.16. The van der Waals surface area contributed by atoms with Crippen LogP contribution in [-0.2, 0) is 9.59 Å². The van der Waals surface area contributed by atoms with Crippen LogP contribution in [0.5, 0.6) is 0 Å². The van der Waals surface area contributed by atoms with Crippen LogP contribution in [0, 0.1) is 0 Å². The number of nitrogens with one attached hydrogen (secondary N) is 2. The van der Waals surface area contributed by atoms with Gasteiger partial charge in [0.1, 0.15) is 0 Å². The lowest BCUT2D eigenvalue weighted by Crippen LogP contribution is -2.58. The van der Waals surface area contributed by atoms with Crippen molar-refractivity contribution >= 4 is 11.8 Å². The van der Waals surface area contributed by atoms with Crippen LogP contribution in [0.1, 0.15) is 44.2 Å². The van der Waals surface area contributed by atoms with E-state index in [1.807, 2.05) is 57.2 Å². The highest BCUT2D eigenvalue weighted by Gasteiger charge is 2.34. The molecule has 1 aliphatic rings. The first-order chi connectivity index (χ1) is 13.8. The number of carbonyl (C=O) groups is 2. The number of benzene rings is 2. The fourth-order valence-corrected chi connectivity index (χ4v) is 3.86. The van der Waals surface area contributed by atoms with Crippen LogP contribution in [0.4, 0.5) is 0 Å². The Balaban J connectivity index is 1.82. The molecule has 2 amide bonds. The molecule has 0 spiro atoms. The van der Waals surface area contributed by atoms with Gasteiger partial charge in [-0.1, -0.05) is 60.7 Å². The van der Waals surface area contributed by atoms with Crippen LogP contribution < -0.4 is 10.6 Å². The first-order valence-corrected chi connectivity index (χ1v) is 10.3. The number of hydrogen-bond acceptors (Lipinski definition) is 3. The van der Waals surface area contributed by atoms with Gasteiger partial charge in [0.25, 0.3) is 0 Å². The minimum absolute atomic E-state index is 0.0693. The van der Waals surface area contributed by atoms with E-state index in [2.05, 4.69) is 39.8 Å². The van der Waals surface area contributed by atoms with Gasteiger partial charge in [-0.25, -0.2) is 0 Å². The standard InChI is InChI=1S/C24H31N3O2/c1-24(2,3)26-22(28)16-21-23(29)25-14-15-27(21)17-20(18-10-6-4-7-11-18)19-12-8-5-9-13-19/h4-13,20-21H,14-17H2,1-3H3,(H,25,29)(H,26,28)/t21-/m0/s1. The van der Waals surface area contributed by atoms with Crippen molar-refractivity contribution in [3.8, 4) is 0 Å². The fraction of sp³-hybridized carbons (Fsp3) is 0.417. The average Bonchev–Trinajstić information content (AvgIpc) is 2.68. The first kappa shape index (κ1) is 21.1. The predicted octanol–water partition coefficient (Wildman–Crippen LogP) is 2.92. The Morgan fingerprint density at radius 2 is 1.62 bits per heavy atom. The predicted molar refractivity (Wildman–Crippen MR) is 116 cm³/mol. The lowest BCUT2D eigenvalue weighted by molar-refractivity contribution is -0.134. The molecule has 0 bridgehead atoms. The zero-order valence-corrected chi connectivity index (χ0v) is 17.5. The summed E-state index contributed by atoms with van der Waals surface area (Å²) < 4.78 is 0. The maximum Gasteiger partial charge on any atom is 0.237 e. The summed E-state index contributed by atoms with van der Waals surface area (Å²) in [4.78, 5) is 27.3. The summed E-state index contributed by atoms with van der Waals surface area (Å²) in [6.07, 6.45) is 0.166. The molecule has 1 heterocycles. The van der Waals surface area contributed by atoms with E-state index in [1.54, 1.807) is 0 Å². The third kappa shape index (κ3) is 5.91. The van der Waals surface area contributed by atoms with Crippen LogP contribution >= 0.6 is 0 Å². The van der Waals surface area contributed by atoms with Crippen LogP contribution in [0.25, 0.3) is 0 Å². The highest BCUT2D eigenvalue weighted by Crippen LogP contribution is 2.27. The molecule has 2 N–H and O–H groups in total. The second kappa shape index (κ2) is 9.23. The van der Waals surface area contributed by atoms with Crippen LogP contribution in [0.2, 0.25) is 0 Å². The molecular weight excluding hydrogens is 362 g/mol. The Kier molecular flexibility index (Phi) is 6.70. The average molecular weight is 394 g/mol. The van der Waals surface area contributed by atoms with Gasteiger partial charge in [0.2, 0.25) is 11.8 Å². The Morgan fingerprint density at radius 1 is 1.07 bits per heavy atom. The summed E-state index contributed by atoms with van der Waals surface area (Å²) in [6.45, 7) is 7.87. The van der Waals surface area contributed by atoms with Crippen molar-refractivity contribution < 1.29 is 9.59 Å². The number of rotatable bonds is 6. The van der Waals surface area contributed by atoms with Crippen molar-refractivity contribution in [1.82, 2.24) is 15.5 Å². The van der Waals surface area contributed by atoms with Gasteiger partial charge in [0.15, 0.2) is 0 Å². The zero-order chi connectivity index (χ0) is 20.9. The Bertz CT molecular complexity index is 776. The van der Waals surface area contributed by atoms with Crippen molar-refractivity contribution in [2.45, 2.75) is 44.7 Å². The van der Waals surface area contributed by atoms with Crippen molar-refractivity contribution in [3.05, 3.63) is 71.8 Å². The van der Waals surface area contributed by atoms with Gasteiger partial charge >= 0.3 is 0 Å². The lowest BCUT2D eigenvalue weighted by Gasteiger charge is -2.37. The normalized spacial score (nSPS) is 17.8. The summed E-state index contributed by atoms with van der Waals surface area (Å²) >= 11 is 0. The lowest BCUT2D eigenvalue weighted by atomic mass is 9.90. The smallest absolute Gasteiger partial charge is 0.237 e. The largest absolute Gasteiger partial charge is 0.353 e. The monoisotopic (exact) mass is 393 g/mol. The van der Waals surface area contributed by atoms with Crippen molar-refractivity contribution in [1.29, 1.82) is 0 Å². The molecule has 5 nitrogen and oxygen atoms in total. The van der Waals surface area contributed by atoms with Gasteiger partial charge in [-0.15, -0.1) is 0 Å². The molecule has 154 valence electrons. The minimum Gasteiger partial charge on any atom is -0.353 e. The van der Waals surface area contributed by atoms with E-state index in [-0.39, 0.29) is 29.7 Å². The summed E-state index contributed by atoms with van der Waals surface area (Å²) in [5, 5.41) is 5.90. The van der Waals surface area contributed by atoms with Gasteiger partial charge in [-0.3, -0.25) is 14.5 Å². The number of nitrogens with zero attached hydrogens (tertiary/aromatic N) is 1. The molecule has 5 heteroatoms. The summed E-state index contributed by atoms with van der Waals surface area (Å²) in [7, 11) is 0. The zero-order valence-electron chi connectivity index (χ0n) is 17.5. The van der Waals surface area contributed by atoms with E-state index in [0.29, 0.717) is 13.1 Å². The molecular formula is C24H31N3O2. The second-order valence-electron chi connectivity index (χ2n) is 8.68. The highest BCUT2D eigenvalue weighted by molar-refractivity contribution is 5.89. The van der Waals surface area contributed by atoms with Crippen LogP contribution in [0.15, 0.2) is 60.7 Å². The van der Waals surface area contributed by atoms with Crippen molar-refractivity contribution in [2.75, 3.05) is 19.6 Å². The van der Waals surface area contributed by atoms with E-state index in [0.717, 1.165) is 6.54 Å². The van der Waals surface area contributed by atoms with E-state index in [4.69, 9.17) is 0 Å². The van der Waals surface area contributed by atoms with Gasteiger partial charge in [0.05, 0.1) is 12.5 Å². The topological polar surface area (TPSA) is 61.4 Å². The molecule has 1 aliphatic heterocycles. The van der Waals surface area contributed by atoms with Crippen LogP contribution in [0.3, 0.4) is 0 Å². The maximum absolute atomic E-state index is 12.6. The fourth-order valence-electron chi connectivity index (χ4n) is 3.86. The molecule has 0 aromatic heterocycles. The van der Waals surface area contributed by atoms with Crippen molar-refractivity contribution in [2.24, 2.45) is 0 Å². The Hall–Kier alpha value is -2.66. The molecule has 0 aliphatic carbocycles. The SMILES string of the molecule is CC(C)(C)NC(=O)C[C@H]1C(=O)NCCN1CC(c1ccccc1)c1ccccc1. The van der Waals surface area contributed by atoms with E-state index in [9.17, 15) is 9.59 Å². The van der Waals surface area contributed by atoms with Crippen LogP contribution in [-0.4, -0.2) is 47.9 Å². The summed E-state index contributed by atoms with van der Waals surface area (Å²) in [5.41, 5.74) is 2.11. The minimum atomic E-state index is -0.457. The van der Waals surface area contributed by atoms with E-state index in [1.165, 1.54) is 11.1 Å². The molecule has 0 radical (unpaired) electrons. The summed E-state index contributed by atoms with van der Waals surface area (Å²) in [5.74, 6) is -0.0304. The van der Waals surface area contributed by atoms with Gasteiger partial charge in [-0.05, 0) is 31.9 Å². The molecule has 3 rings (SSSR count). The second-order valence-corrected chi connectivity index (χ2v) is 8.68. The van der Waals surface area contributed by atoms with Gasteiger partial charge in [0, 0.05) is 31.1 Å². The molecule has 1 saturated heterocycles. The molecule has 29 heavy (non-hydrogen) atoms. The van der Waals surface area contributed by atoms with Crippen molar-refractivity contribution in [3.63, 3.8) is 0 Å². The molecule has 1 fully saturated rings. The van der Waals surface area contributed by atoms with E-state index < -0.39 is 6.04 Å². The number of hydrogen-bond donors (Lipinski definition) is 2. The third-order valence-electron chi connectivity index (χ3n) is 5.16. The molecule has 2 aromatic rings. The molecule has 1 atom stereocenters. The molecule has 2 aromatic carbocycles.